The standard InChI is InChI=1S/C20H22N4S/c1-15-8-10-17(11-9-15)13-22-20(24-18-6-4-3-5-7-18)23-14-19-21-12-16(2)25-19/h3-12H,13-14H2,1-2H3,(H2,22,23,24). The Hall–Kier alpha value is -2.66. The normalized spacial score (nSPS) is 11.4. The minimum Gasteiger partial charge on any atom is -0.350 e. The van der Waals surface area contributed by atoms with Gasteiger partial charge in [-0.1, -0.05) is 48.0 Å². The van der Waals surface area contributed by atoms with Gasteiger partial charge in [0, 0.05) is 16.8 Å². The highest BCUT2D eigenvalue weighted by Gasteiger charge is 2.03. The molecule has 0 aliphatic carbocycles. The van der Waals surface area contributed by atoms with Gasteiger partial charge in [-0.25, -0.2) is 9.98 Å². The molecule has 0 saturated carbocycles. The summed E-state index contributed by atoms with van der Waals surface area (Å²) in [5.41, 5.74) is 3.45. The number of para-hydroxylation sites is 1. The predicted molar refractivity (Wildman–Crippen MR) is 106 cm³/mol. The van der Waals surface area contributed by atoms with Crippen LogP contribution in [0.2, 0.25) is 0 Å². The van der Waals surface area contributed by atoms with Crippen molar-refractivity contribution in [1.82, 2.24) is 10.3 Å². The highest BCUT2D eigenvalue weighted by molar-refractivity contribution is 7.11. The molecule has 1 heterocycles. The first kappa shape index (κ1) is 17.2. The van der Waals surface area contributed by atoms with Crippen molar-refractivity contribution >= 4 is 23.0 Å². The average Bonchev–Trinajstić information content (AvgIpc) is 3.05. The fraction of sp³-hybridized carbons (Fsp3) is 0.200. The van der Waals surface area contributed by atoms with E-state index >= 15 is 0 Å². The maximum absolute atomic E-state index is 4.71. The number of nitrogens with zero attached hydrogens (tertiary/aromatic N) is 2. The summed E-state index contributed by atoms with van der Waals surface area (Å²) in [5.74, 6) is 0.750. The van der Waals surface area contributed by atoms with Crippen LogP contribution in [-0.2, 0) is 13.1 Å². The lowest BCUT2D eigenvalue weighted by Gasteiger charge is -2.12. The molecule has 0 aliphatic heterocycles. The molecule has 0 amide bonds. The lowest BCUT2D eigenvalue weighted by Crippen LogP contribution is -2.30. The number of aryl methyl sites for hydroxylation is 2. The first-order chi connectivity index (χ1) is 12.2. The molecule has 0 bridgehead atoms. The second kappa shape index (κ2) is 8.44. The van der Waals surface area contributed by atoms with E-state index in [2.05, 4.69) is 53.7 Å². The van der Waals surface area contributed by atoms with Gasteiger partial charge in [-0.2, -0.15) is 0 Å². The zero-order chi connectivity index (χ0) is 17.5. The number of aliphatic imine (C=N–C) groups is 1. The Morgan fingerprint density at radius 1 is 1.04 bits per heavy atom. The fourth-order valence-electron chi connectivity index (χ4n) is 2.30. The van der Waals surface area contributed by atoms with E-state index < -0.39 is 0 Å². The Bertz CT molecular complexity index is 822. The van der Waals surface area contributed by atoms with Gasteiger partial charge in [0.05, 0.1) is 13.1 Å². The quantitative estimate of drug-likeness (QED) is 0.525. The summed E-state index contributed by atoms with van der Waals surface area (Å²) in [6.07, 6.45) is 1.90. The molecule has 0 spiro atoms. The van der Waals surface area contributed by atoms with Gasteiger partial charge in [-0.3, -0.25) is 0 Å². The van der Waals surface area contributed by atoms with Crippen LogP contribution in [0.3, 0.4) is 0 Å². The highest BCUT2D eigenvalue weighted by atomic mass is 32.1. The third-order valence-electron chi connectivity index (χ3n) is 3.65. The maximum atomic E-state index is 4.71. The number of benzene rings is 2. The lowest BCUT2D eigenvalue weighted by molar-refractivity contribution is 0.881. The van der Waals surface area contributed by atoms with Crippen LogP contribution in [-0.4, -0.2) is 10.9 Å². The molecule has 3 aromatic rings. The molecule has 0 radical (unpaired) electrons. The number of anilines is 1. The smallest absolute Gasteiger partial charge is 0.196 e. The molecule has 0 unspecified atom stereocenters. The Labute approximate surface area is 152 Å². The number of thiazole rings is 1. The van der Waals surface area contributed by atoms with Crippen molar-refractivity contribution in [3.63, 3.8) is 0 Å². The Balaban J connectivity index is 1.70. The zero-order valence-corrected chi connectivity index (χ0v) is 15.3. The number of hydrogen-bond acceptors (Lipinski definition) is 3. The molecule has 128 valence electrons. The average molecular weight is 350 g/mol. The Kier molecular flexibility index (Phi) is 5.80. The van der Waals surface area contributed by atoms with Gasteiger partial charge in [-0.05, 0) is 31.5 Å². The summed E-state index contributed by atoms with van der Waals surface area (Å²) in [7, 11) is 0. The van der Waals surface area contributed by atoms with Crippen LogP contribution in [0.25, 0.3) is 0 Å². The minimum atomic E-state index is 0.624. The zero-order valence-electron chi connectivity index (χ0n) is 14.5. The van der Waals surface area contributed by atoms with Crippen molar-refractivity contribution in [2.75, 3.05) is 5.32 Å². The molecular weight excluding hydrogens is 328 g/mol. The number of rotatable bonds is 5. The number of hydrogen-bond donors (Lipinski definition) is 2. The Morgan fingerprint density at radius 3 is 2.48 bits per heavy atom. The molecule has 0 aliphatic rings. The molecule has 2 aromatic carbocycles. The lowest BCUT2D eigenvalue weighted by atomic mass is 10.1. The first-order valence-corrected chi connectivity index (χ1v) is 9.08. The molecule has 2 N–H and O–H groups in total. The molecule has 5 heteroatoms. The van der Waals surface area contributed by atoms with Gasteiger partial charge < -0.3 is 10.6 Å². The second-order valence-corrected chi connectivity index (χ2v) is 7.18. The SMILES string of the molecule is Cc1ccc(CN=C(NCc2ncc(C)s2)Nc2ccccc2)cc1. The molecule has 0 fully saturated rings. The first-order valence-electron chi connectivity index (χ1n) is 8.26. The van der Waals surface area contributed by atoms with E-state index in [9.17, 15) is 0 Å². The van der Waals surface area contributed by atoms with Crippen LogP contribution < -0.4 is 10.6 Å². The van der Waals surface area contributed by atoms with Crippen molar-refractivity contribution in [3.8, 4) is 0 Å². The summed E-state index contributed by atoms with van der Waals surface area (Å²) in [5, 5.41) is 7.77. The largest absolute Gasteiger partial charge is 0.350 e. The van der Waals surface area contributed by atoms with Gasteiger partial charge >= 0.3 is 0 Å². The van der Waals surface area contributed by atoms with E-state index in [4.69, 9.17) is 4.99 Å². The minimum absolute atomic E-state index is 0.624. The van der Waals surface area contributed by atoms with Crippen molar-refractivity contribution in [3.05, 3.63) is 81.8 Å². The summed E-state index contributed by atoms with van der Waals surface area (Å²) in [4.78, 5) is 10.3. The fourth-order valence-corrected chi connectivity index (χ4v) is 3.03. The molecule has 0 saturated heterocycles. The van der Waals surface area contributed by atoms with Crippen LogP contribution in [0, 0.1) is 13.8 Å². The van der Waals surface area contributed by atoms with E-state index in [0.29, 0.717) is 13.1 Å². The van der Waals surface area contributed by atoms with Gasteiger partial charge in [0.15, 0.2) is 5.96 Å². The summed E-state index contributed by atoms with van der Waals surface area (Å²) < 4.78 is 0. The summed E-state index contributed by atoms with van der Waals surface area (Å²) in [6.45, 7) is 5.44. The van der Waals surface area contributed by atoms with Crippen molar-refractivity contribution < 1.29 is 0 Å². The molecule has 0 atom stereocenters. The number of guanidine groups is 1. The van der Waals surface area contributed by atoms with Crippen molar-refractivity contribution in [1.29, 1.82) is 0 Å². The molecule has 25 heavy (non-hydrogen) atoms. The van der Waals surface area contributed by atoms with Crippen molar-refractivity contribution in [2.45, 2.75) is 26.9 Å². The monoisotopic (exact) mass is 350 g/mol. The third kappa shape index (κ3) is 5.43. The number of nitrogens with one attached hydrogen (secondary N) is 2. The molecule has 3 rings (SSSR count). The predicted octanol–water partition coefficient (Wildman–Crippen LogP) is 4.52. The van der Waals surface area contributed by atoms with Crippen LogP contribution in [0.15, 0.2) is 65.8 Å². The summed E-state index contributed by atoms with van der Waals surface area (Å²) in [6, 6.07) is 18.5. The van der Waals surface area contributed by atoms with Crippen molar-refractivity contribution in [2.24, 2.45) is 4.99 Å². The van der Waals surface area contributed by atoms with Crippen LogP contribution in [0.5, 0.6) is 0 Å². The van der Waals surface area contributed by atoms with Crippen LogP contribution >= 0.6 is 11.3 Å². The Morgan fingerprint density at radius 2 is 1.80 bits per heavy atom. The van der Waals surface area contributed by atoms with Crippen LogP contribution in [0.4, 0.5) is 5.69 Å². The molecular formula is C20H22N4S. The van der Waals surface area contributed by atoms with E-state index in [-0.39, 0.29) is 0 Å². The third-order valence-corrected chi connectivity index (χ3v) is 4.57. The van der Waals surface area contributed by atoms with Crippen LogP contribution in [0.1, 0.15) is 21.0 Å². The van der Waals surface area contributed by atoms with E-state index in [1.165, 1.54) is 16.0 Å². The van der Waals surface area contributed by atoms with Gasteiger partial charge in [0.1, 0.15) is 5.01 Å². The van der Waals surface area contributed by atoms with E-state index in [0.717, 1.165) is 16.7 Å². The van der Waals surface area contributed by atoms with E-state index in [1.54, 1.807) is 11.3 Å². The van der Waals surface area contributed by atoms with Gasteiger partial charge in [0.25, 0.3) is 0 Å². The van der Waals surface area contributed by atoms with E-state index in [1.807, 2.05) is 36.5 Å². The second-order valence-electron chi connectivity index (χ2n) is 5.86. The number of aromatic nitrogens is 1. The highest BCUT2D eigenvalue weighted by Crippen LogP contribution is 2.11. The topological polar surface area (TPSA) is 49.3 Å². The maximum Gasteiger partial charge on any atom is 0.196 e. The summed E-state index contributed by atoms with van der Waals surface area (Å²) >= 11 is 1.70. The molecule has 4 nitrogen and oxygen atoms in total. The molecule has 1 aromatic heterocycles. The van der Waals surface area contributed by atoms with Gasteiger partial charge in [0.2, 0.25) is 0 Å². The van der Waals surface area contributed by atoms with Gasteiger partial charge in [-0.15, -0.1) is 11.3 Å².